The summed E-state index contributed by atoms with van der Waals surface area (Å²) >= 11 is 0. The van der Waals surface area contributed by atoms with Crippen LogP contribution in [0, 0.1) is 10.1 Å². The maximum Gasteiger partial charge on any atom is 0.387 e. The van der Waals surface area contributed by atoms with Crippen LogP contribution in [0.1, 0.15) is 20.9 Å². The van der Waals surface area contributed by atoms with Gasteiger partial charge in [-0.05, 0) is 12.1 Å². The van der Waals surface area contributed by atoms with Gasteiger partial charge in [0.05, 0.1) is 24.4 Å². The molecule has 0 radical (unpaired) electrons. The molecule has 12 heteroatoms. The summed E-state index contributed by atoms with van der Waals surface area (Å²) in [4.78, 5) is 38.6. The van der Waals surface area contributed by atoms with E-state index >= 15 is 0 Å². The minimum absolute atomic E-state index is 0.125. The molecule has 10 nitrogen and oxygen atoms in total. The van der Waals surface area contributed by atoms with Crippen molar-refractivity contribution in [1.82, 2.24) is 9.80 Å². The Labute approximate surface area is 168 Å². The predicted molar refractivity (Wildman–Crippen MR) is 96.8 cm³/mol. The average molecular weight is 425 g/mol. The Bertz CT molecular complexity index is 942. The van der Waals surface area contributed by atoms with Crippen LogP contribution in [-0.2, 0) is 0 Å². The molecule has 0 spiro atoms. The summed E-state index contributed by atoms with van der Waals surface area (Å²) in [5, 5.41) is 11.4. The number of piperazine rings is 1. The van der Waals surface area contributed by atoms with Crippen molar-refractivity contribution in [3.8, 4) is 11.5 Å². The number of hydrogen-bond acceptors (Lipinski definition) is 7. The molecule has 0 bridgehead atoms. The first-order valence-electron chi connectivity index (χ1n) is 8.75. The number of nitro benzene ring substituents is 1. The van der Waals surface area contributed by atoms with Gasteiger partial charge in [0.15, 0.2) is 17.3 Å². The van der Waals surface area contributed by atoms with Gasteiger partial charge in [0.25, 0.3) is 17.5 Å². The standard InChI is InChI=1S/C18H17F2N3O7/c1-28-14-9-11(12(23(26)27)10-15(14)30-18(19)20)16(24)21-4-6-22(7-5-21)17(25)13-3-2-8-29-13/h2-3,8-10,18H,4-7H2,1H3. The van der Waals surface area contributed by atoms with Crippen molar-refractivity contribution in [2.75, 3.05) is 33.3 Å². The van der Waals surface area contributed by atoms with Crippen molar-refractivity contribution < 1.29 is 37.2 Å². The third kappa shape index (κ3) is 4.31. The van der Waals surface area contributed by atoms with Crippen LogP contribution in [-0.4, -0.2) is 66.4 Å². The smallest absolute Gasteiger partial charge is 0.387 e. The van der Waals surface area contributed by atoms with E-state index in [9.17, 15) is 28.5 Å². The molecule has 1 aliphatic heterocycles. The molecule has 2 aromatic rings. The van der Waals surface area contributed by atoms with E-state index in [2.05, 4.69) is 4.74 Å². The lowest BCUT2D eigenvalue weighted by Gasteiger charge is -2.34. The Morgan fingerprint density at radius 3 is 2.27 bits per heavy atom. The van der Waals surface area contributed by atoms with E-state index in [1.54, 1.807) is 6.07 Å². The molecule has 0 N–H and O–H groups in total. The summed E-state index contributed by atoms with van der Waals surface area (Å²) in [6.45, 7) is -2.58. The van der Waals surface area contributed by atoms with E-state index in [0.717, 1.165) is 19.2 Å². The minimum Gasteiger partial charge on any atom is -0.493 e. The van der Waals surface area contributed by atoms with Gasteiger partial charge in [-0.2, -0.15) is 8.78 Å². The average Bonchev–Trinajstić information content (AvgIpc) is 3.27. The molecule has 30 heavy (non-hydrogen) atoms. The monoisotopic (exact) mass is 425 g/mol. The van der Waals surface area contributed by atoms with Gasteiger partial charge in [0.2, 0.25) is 0 Å². The summed E-state index contributed by atoms with van der Waals surface area (Å²) < 4.78 is 39.4. The number of furan rings is 1. The van der Waals surface area contributed by atoms with Gasteiger partial charge in [0.1, 0.15) is 5.56 Å². The quantitative estimate of drug-likeness (QED) is 0.515. The number of benzene rings is 1. The molecule has 1 fully saturated rings. The fourth-order valence-corrected chi connectivity index (χ4v) is 3.06. The lowest BCUT2D eigenvalue weighted by atomic mass is 10.1. The molecule has 2 heterocycles. The van der Waals surface area contributed by atoms with Crippen LogP contribution in [0.3, 0.4) is 0 Å². The number of halogens is 2. The Balaban J connectivity index is 1.79. The summed E-state index contributed by atoms with van der Waals surface area (Å²) in [6, 6.07) is 4.84. The maximum absolute atomic E-state index is 12.9. The highest BCUT2D eigenvalue weighted by Crippen LogP contribution is 2.36. The van der Waals surface area contributed by atoms with E-state index in [0.29, 0.717) is 0 Å². The number of methoxy groups -OCH3 is 1. The first-order chi connectivity index (χ1) is 14.3. The number of carbonyl (C=O) groups is 2. The normalized spacial score (nSPS) is 14.0. The van der Waals surface area contributed by atoms with Crippen molar-refractivity contribution in [2.45, 2.75) is 6.61 Å². The molecule has 160 valence electrons. The zero-order valence-corrected chi connectivity index (χ0v) is 15.7. The molecule has 1 aromatic carbocycles. The van der Waals surface area contributed by atoms with Gasteiger partial charge in [-0.1, -0.05) is 0 Å². The highest BCUT2D eigenvalue weighted by molar-refractivity contribution is 5.99. The van der Waals surface area contributed by atoms with Crippen LogP contribution in [0.25, 0.3) is 0 Å². The summed E-state index contributed by atoms with van der Waals surface area (Å²) in [7, 11) is 1.16. The number of nitrogens with zero attached hydrogens (tertiary/aromatic N) is 3. The van der Waals surface area contributed by atoms with E-state index < -0.39 is 28.9 Å². The number of hydrogen-bond donors (Lipinski definition) is 0. The SMILES string of the molecule is COc1cc(C(=O)N2CCN(C(=O)c3ccco3)CC2)c([N+](=O)[O-])cc1OC(F)F. The van der Waals surface area contributed by atoms with Crippen LogP contribution in [0.5, 0.6) is 11.5 Å². The number of nitro groups is 1. The largest absolute Gasteiger partial charge is 0.493 e. The van der Waals surface area contributed by atoms with Crippen LogP contribution in [0.2, 0.25) is 0 Å². The van der Waals surface area contributed by atoms with E-state index in [1.807, 2.05) is 0 Å². The first-order valence-corrected chi connectivity index (χ1v) is 8.75. The highest BCUT2D eigenvalue weighted by Gasteiger charge is 2.32. The van der Waals surface area contributed by atoms with Crippen molar-refractivity contribution in [2.24, 2.45) is 0 Å². The summed E-state index contributed by atoms with van der Waals surface area (Å²) in [5.41, 5.74) is -1.02. The van der Waals surface area contributed by atoms with Gasteiger partial charge in [0, 0.05) is 32.2 Å². The number of amides is 2. The molecule has 1 aliphatic rings. The Kier molecular flexibility index (Phi) is 6.14. The second kappa shape index (κ2) is 8.76. The van der Waals surface area contributed by atoms with Crippen LogP contribution >= 0.6 is 0 Å². The fraction of sp³-hybridized carbons (Fsp3) is 0.333. The third-order valence-electron chi connectivity index (χ3n) is 4.51. The van der Waals surface area contributed by atoms with Crippen LogP contribution < -0.4 is 9.47 Å². The van der Waals surface area contributed by atoms with Crippen molar-refractivity contribution in [3.05, 3.63) is 52.0 Å². The Morgan fingerprint density at radius 2 is 1.77 bits per heavy atom. The molecular formula is C18H17F2N3O7. The molecule has 0 atom stereocenters. The molecule has 0 unspecified atom stereocenters. The molecule has 0 aliphatic carbocycles. The molecule has 1 saturated heterocycles. The fourth-order valence-electron chi connectivity index (χ4n) is 3.06. The topological polar surface area (TPSA) is 115 Å². The lowest BCUT2D eigenvalue weighted by molar-refractivity contribution is -0.385. The lowest BCUT2D eigenvalue weighted by Crippen LogP contribution is -2.50. The van der Waals surface area contributed by atoms with Gasteiger partial charge in [-0.3, -0.25) is 19.7 Å². The van der Waals surface area contributed by atoms with Gasteiger partial charge in [-0.25, -0.2) is 0 Å². The molecule has 2 amide bonds. The minimum atomic E-state index is -3.22. The van der Waals surface area contributed by atoms with Crippen molar-refractivity contribution in [1.29, 1.82) is 0 Å². The number of ether oxygens (including phenoxy) is 2. The summed E-state index contributed by atoms with van der Waals surface area (Å²) in [6.07, 6.45) is 1.38. The zero-order chi connectivity index (χ0) is 21.8. The number of carbonyl (C=O) groups excluding carboxylic acids is 2. The second-order valence-corrected chi connectivity index (χ2v) is 6.22. The Morgan fingerprint density at radius 1 is 1.13 bits per heavy atom. The van der Waals surface area contributed by atoms with Crippen LogP contribution in [0.15, 0.2) is 34.9 Å². The molecular weight excluding hydrogens is 408 g/mol. The number of alkyl halides is 2. The van der Waals surface area contributed by atoms with Gasteiger partial charge < -0.3 is 23.7 Å². The predicted octanol–water partition coefficient (Wildman–Crippen LogP) is 2.40. The first kappa shape index (κ1) is 21.0. The molecule has 1 aromatic heterocycles. The molecule has 0 saturated carbocycles. The Hall–Kier alpha value is -3.70. The second-order valence-electron chi connectivity index (χ2n) is 6.22. The number of rotatable bonds is 6. The zero-order valence-electron chi connectivity index (χ0n) is 15.7. The highest BCUT2D eigenvalue weighted by atomic mass is 19.3. The van der Waals surface area contributed by atoms with E-state index in [-0.39, 0.29) is 49.2 Å². The van der Waals surface area contributed by atoms with E-state index in [1.165, 1.54) is 22.1 Å². The molecule has 3 rings (SSSR count). The van der Waals surface area contributed by atoms with E-state index in [4.69, 9.17) is 9.15 Å². The maximum atomic E-state index is 12.9. The van der Waals surface area contributed by atoms with Crippen LogP contribution in [0.4, 0.5) is 14.5 Å². The van der Waals surface area contributed by atoms with Gasteiger partial charge >= 0.3 is 6.61 Å². The summed E-state index contributed by atoms with van der Waals surface area (Å²) in [5.74, 6) is -1.63. The van der Waals surface area contributed by atoms with Crippen molar-refractivity contribution >= 4 is 17.5 Å². The third-order valence-corrected chi connectivity index (χ3v) is 4.51. The van der Waals surface area contributed by atoms with Gasteiger partial charge in [-0.15, -0.1) is 0 Å². The van der Waals surface area contributed by atoms with Crippen molar-refractivity contribution in [3.63, 3.8) is 0 Å².